The molecule has 222 valence electrons. The van der Waals surface area contributed by atoms with Gasteiger partial charge < -0.3 is 5.11 Å². The summed E-state index contributed by atoms with van der Waals surface area (Å²) in [5, 5.41) is 9.07. The average molecular weight is 612 g/mol. The molecule has 0 unspecified atom stereocenters. The molecule has 0 heterocycles. The summed E-state index contributed by atoms with van der Waals surface area (Å²) in [4.78, 5) is 0. The number of halogens is 21. The first kappa shape index (κ1) is 33.7. The van der Waals surface area contributed by atoms with Gasteiger partial charge in [-0.2, -0.15) is 92.2 Å². The molecule has 0 radical (unpaired) electrons. The minimum absolute atomic E-state index is 0.500. The summed E-state index contributed by atoms with van der Waals surface area (Å²) < 4.78 is 276. The van der Waals surface area contributed by atoms with Gasteiger partial charge >= 0.3 is 54.1 Å². The van der Waals surface area contributed by atoms with Crippen LogP contribution in [-0.4, -0.2) is 53.2 Å². The van der Waals surface area contributed by atoms with Crippen molar-refractivity contribution in [3.8, 4) is 0 Å². The summed E-state index contributed by atoms with van der Waals surface area (Å²) in [6.07, 6.45) is -21.7. The lowest BCUT2D eigenvalue weighted by Crippen LogP contribution is -2.72. The Bertz CT molecular complexity index is 997. The monoisotopic (exact) mass is 612 g/mol. The molecule has 1 aromatic carbocycles. The van der Waals surface area contributed by atoms with Gasteiger partial charge in [-0.1, -0.05) is 18.2 Å². The lowest BCUT2D eigenvalue weighted by Gasteiger charge is -2.41. The first-order valence-electron chi connectivity index (χ1n) is 8.51. The highest BCUT2D eigenvalue weighted by Gasteiger charge is 2.93. The Morgan fingerprint density at radius 2 is 0.711 bits per heavy atom. The molecule has 0 aromatic heterocycles. The standard InChI is InChI=1S/C16H5F21O/c17-8(18,6-3-1-2-5(4-6)7(38,14(29,30)31)15(32,33)34)9(19,20)10(21,22)11(23,24)12(25,26)13(27,28)16(35,36)37/h1-4,38H. The van der Waals surface area contributed by atoms with Crippen LogP contribution < -0.4 is 0 Å². The smallest absolute Gasteiger partial charge is 0.369 e. The summed E-state index contributed by atoms with van der Waals surface area (Å²) in [5.41, 5.74) is -12.4. The van der Waals surface area contributed by atoms with Crippen LogP contribution in [0.1, 0.15) is 11.1 Å². The SMILES string of the molecule is OC(c1cccc(C(F)(F)C(F)(F)C(F)(F)C(F)(F)C(F)(F)C(F)(F)C(F)(F)F)c1)(C(F)(F)F)C(F)(F)F. The molecule has 1 nitrogen and oxygen atoms in total. The summed E-state index contributed by atoms with van der Waals surface area (Å²) in [5.74, 6) is -49.8. The van der Waals surface area contributed by atoms with E-state index >= 15 is 0 Å². The third kappa shape index (κ3) is 4.29. The van der Waals surface area contributed by atoms with Gasteiger partial charge in [0, 0.05) is 11.1 Å². The normalized spacial score (nSPS) is 16.2. The van der Waals surface area contributed by atoms with Crippen molar-refractivity contribution in [1.82, 2.24) is 0 Å². The van der Waals surface area contributed by atoms with E-state index in [2.05, 4.69) is 0 Å². The van der Waals surface area contributed by atoms with Gasteiger partial charge in [0.2, 0.25) is 0 Å². The molecule has 0 aliphatic heterocycles. The van der Waals surface area contributed by atoms with E-state index < -0.39 is 95.1 Å². The second-order valence-electron chi connectivity index (χ2n) is 7.23. The predicted molar refractivity (Wildman–Crippen MR) is 77.1 cm³/mol. The van der Waals surface area contributed by atoms with Crippen LogP contribution in [0.15, 0.2) is 24.3 Å². The van der Waals surface area contributed by atoms with Crippen molar-refractivity contribution < 1.29 is 97.3 Å². The first-order chi connectivity index (χ1) is 16.2. The van der Waals surface area contributed by atoms with Crippen molar-refractivity contribution in [2.24, 2.45) is 0 Å². The number of benzene rings is 1. The van der Waals surface area contributed by atoms with Gasteiger partial charge in [0.1, 0.15) is 0 Å². The summed E-state index contributed by atoms with van der Waals surface area (Å²) >= 11 is 0. The molecule has 0 saturated heterocycles. The minimum atomic E-state index is -8.72. The maximum absolute atomic E-state index is 14.2. The van der Waals surface area contributed by atoms with Crippen molar-refractivity contribution in [3.63, 3.8) is 0 Å². The van der Waals surface area contributed by atoms with Crippen molar-refractivity contribution >= 4 is 0 Å². The van der Waals surface area contributed by atoms with Crippen LogP contribution in [0.2, 0.25) is 0 Å². The molecule has 1 N–H and O–H groups in total. The number of aliphatic hydroxyl groups is 1. The molecule has 1 aromatic rings. The molecule has 22 heteroatoms. The third-order valence-corrected chi connectivity index (χ3v) is 4.79. The van der Waals surface area contributed by atoms with E-state index in [0.717, 1.165) is 0 Å². The van der Waals surface area contributed by atoms with E-state index in [9.17, 15) is 92.2 Å². The van der Waals surface area contributed by atoms with Crippen LogP contribution in [0, 0.1) is 0 Å². The van der Waals surface area contributed by atoms with E-state index in [1.165, 1.54) is 0 Å². The molecule has 0 aliphatic rings. The zero-order chi connectivity index (χ0) is 31.0. The summed E-state index contributed by atoms with van der Waals surface area (Å²) in [7, 11) is 0. The van der Waals surface area contributed by atoms with Gasteiger partial charge in [-0.05, 0) is 6.07 Å². The Hall–Kier alpha value is -2.29. The van der Waals surface area contributed by atoms with Crippen LogP contribution in [0.3, 0.4) is 0 Å². The number of alkyl halides is 21. The Balaban J connectivity index is 3.87. The fourth-order valence-electron chi connectivity index (χ4n) is 2.58. The van der Waals surface area contributed by atoms with Crippen LogP contribution in [-0.2, 0) is 11.5 Å². The number of rotatable bonds is 7. The molecule has 0 saturated carbocycles. The molecule has 0 bridgehead atoms. The molecular weight excluding hydrogens is 607 g/mol. The number of hydrogen-bond acceptors (Lipinski definition) is 1. The quantitative estimate of drug-likeness (QED) is 0.312. The van der Waals surface area contributed by atoms with Crippen LogP contribution in [0.25, 0.3) is 0 Å². The second-order valence-corrected chi connectivity index (χ2v) is 7.23. The Labute approximate surface area is 193 Å². The van der Waals surface area contributed by atoms with Crippen LogP contribution in [0.5, 0.6) is 0 Å². The van der Waals surface area contributed by atoms with E-state index in [-0.39, 0.29) is 0 Å². The topological polar surface area (TPSA) is 20.2 Å². The molecular formula is C16H5F21O. The van der Waals surface area contributed by atoms with Crippen LogP contribution >= 0.6 is 0 Å². The second kappa shape index (κ2) is 8.60. The molecule has 0 atom stereocenters. The molecule has 0 fully saturated rings. The van der Waals surface area contributed by atoms with Gasteiger partial charge in [-0.25, -0.2) is 0 Å². The predicted octanol–water partition coefficient (Wildman–Crippen LogP) is 7.83. The van der Waals surface area contributed by atoms with E-state index in [1.54, 1.807) is 0 Å². The highest BCUT2D eigenvalue weighted by molar-refractivity contribution is 5.35. The highest BCUT2D eigenvalue weighted by Crippen LogP contribution is 2.64. The van der Waals surface area contributed by atoms with Crippen molar-refractivity contribution in [3.05, 3.63) is 35.4 Å². The Kier molecular flexibility index (Phi) is 7.64. The fourth-order valence-corrected chi connectivity index (χ4v) is 2.58. The van der Waals surface area contributed by atoms with E-state index in [0.29, 0.717) is 0 Å². The van der Waals surface area contributed by atoms with Crippen molar-refractivity contribution in [2.45, 2.75) is 59.7 Å². The molecule has 0 amide bonds. The van der Waals surface area contributed by atoms with Crippen molar-refractivity contribution in [2.75, 3.05) is 0 Å². The lowest BCUT2D eigenvalue weighted by atomic mass is 9.86. The summed E-state index contributed by atoms with van der Waals surface area (Å²) in [6, 6.07) is -3.30. The Morgan fingerprint density at radius 3 is 1.05 bits per heavy atom. The van der Waals surface area contributed by atoms with Gasteiger partial charge in [0.15, 0.2) is 0 Å². The molecule has 1 rings (SSSR count). The maximum atomic E-state index is 14.2. The van der Waals surface area contributed by atoms with E-state index in [1.807, 2.05) is 0 Å². The highest BCUT2D eigenvalue weighted by atomic mass is 19.4. The van der Waals surface area contributed by atoms with Gasteiger partial charge in [-0.15, -0.1) is 0 Å². The largest absolute Gasteiger partial charge is 0.460 e. The van der Waals surface area contributed by atoms with Crippen molar-refractivity contribution in [1.29, 1.82) is 0 Å². The number of hydrogen-bond donors (Lipinski definition) is 1. The molecule has 38 heavy (non-hydrogen) atoms. The summed E-state index contributed by atoms with van der Waals surface area (Å²) in [6.45, 7) is 0. The lowest BCUT2D eigenvalue weighted by molar-refractivity contribution is -0.453. The van der Waals surface area contributed by atoms with E-state index in [4.69, 9.17) is 5.11 Å². The average Bonchev–Trinajstić information content (AvgIpc) is 2.69. The van der Waals surface area contributed by atoms with Gasteiger partial charge in [0.25, 0.3) is 5.60 Å². The Morgan fingerprint density at radius 1 is 0.395 bits per heavy atom. The van der Waals surface area contributed by atoms with Gasteiger partial charge in [0.05, 0.1) is 0 Å². The van der Waals surface area contributed by atoms with Gasteiger partial charge in [-0.3, -0.25) is 0 Å². The third-order valence-electron chi connectivity index (χ3n) is 4.79. The zero-order valence-corrected chi connectivity index (χ0v) is 16.7. The molecule has 0 spiro atoms. The zero-order valence-electron chi connectivity index (χ0n) is 16.7. The first-order valence-corrected chi connectivity index (χ1v) is 8.51. The molecule has 0 aliphatic carbocycles. The minimum Gasteiger partial charge on any atom is -0.369 e. The fraction of sp³-hybridized carbons (Fsp3) is 0.625. The maximum Gasteiger partial charge on any atom is 0.460 e. The van der Waals surface area contributed by atoms with Crippen LogP contribution in [0.4, 0.5) is 92.2 Å².